The van der Waals surface area contributed by atoms with Gasteiger partial charge in [-0.15, -0.1) is 0 Å². The smallest absolute Gasteiger partial charge is 0.243 e. The summed E-state index contributed by atoms with van der Waals surface area (Å²) in [6.45, 7) is 7.40. The van der Waals surface area contributed by atoms with Gasteiger partial charge in [0.15, 0.2) is 11.5 Å². The lowest BCUT2D eigenvalue weighted by atomic mass is 9.95. The second-order valence-corrected chi connectivity index (χ2v) is 11.2. The maximum Gasteiger partial charge on any atom is 0.243 e. The quantitative estimate of drug-likeness (QED) is 0.263. The molecule has 234 valence electrons. The molecule has 0 saturated heterocycles. The van der Waals surface area contributed by atoms with Gasteiger partial charge in [-0.1, -0.05) is 56.7 Å². The average Bonchev–Trinajstić information content (AvgIpc) is 3.26. The highest BCUT2D eigenvalue weighted by molar-refractivity contribution is 5.86. The summed E-state index contributed by atoms with van der Waals surface area (Å²) < 4.78 is 17.2. The van der Waals surface area contributed by atoms with E-state index in [1.54, 1.807) is 33.5 Å². The van der Waals surface area contributed by atoms with Crippen LogP contribution in [0.15, 0.2) is 59.4 Å². The van der Waals surface area contributed by atoms with Gasteiger partial charge in [-0.25, -0.2) is 0 Å². The van der Waals surface area contributed by atoms with Crippen LogP contribution in [0.3, 0.4) is 0 Å². The summed E-state index contributed by atoms with van der Waals surface area (Å²) in [6, 6.07) is 15.5. The number of methoxy groups -OCH3 is 3. The van der Waals surface area contributed by atoms with Crippen molar-refractivity contribution in [2.24, 2.45) is 5.92 Å². The highest BCUT2D eigenvalue weighted by Crippen LogP contribution is 2.50. The first-order chi connectivity index (χ1) is 21.1. The zero-order valence-electron chi connectivity index (χ0n) is 26.6. The van der Waals surface area contributed by atoms with Crippen LogP contribution in [-0.2, 0) is 16.0 Å². The first-order valence-corrected chi connectivity index (χ1v) is 15.0. The molecular formula is C35H43N3O6. The number of hydrogen-bond acceptors (Lipinski definition) is 7. The number of fused-ring (bicyclic) bond motifs is 3. The topological polar surface area (TPSA) is 115 Å². The van der Waals surface area contributed by atoms with Crippen molar-refractivity contribution in [2.75, 3.05) is 26.6 Å². The number of rotatable bonds is 11. The molecule has 1 aliphatic carbocycles. The predicted octanol–water partition coefficient (Wildman–Crippen LogP) is 5.57. The minimum Gasteiger partial charge on any atom is -0.493 e. The number of carbonyl (C=O) groups is 2. The number of carbonyl (C=O) groups excluding carboxylic acids is 2. The van der Waals surface area contributed by atoms with Crippen LogP contribution in [0.4, 0.5) is 5.69 Å². The molecule has 1 aliphatic rings. The van der Waals surface area contributed by atoms with Gasteiger partial charge in [0, 0.05) is 12.5 Å². The van der Waals surface area contributed by atoms with Crippen molar-refractivity contribution in [2.45, 2.75) is 65.1 Å². The SMILES string of the molecule is CC[C@@H](C)[C@H](Nc1ccc2c(cc1=O)[C@@H](NC(C)=O)CCc1cc(OC)c(OC)c(OC)c1-2)C(=O)NC(C)c1ccccc1. The Morgan fingerprint density at radius 1 is 0.955 bits per heavy atom. The number of aryl methyl sites for hydroxylation is 1. The molecule has 9 heteroatoms. The number of amides is 2. The summed E-state index contributed by atoms with van der Waals surface area (Å²) >= 11 is 0. The Balaban J connectivity index is 1.83. The molecular weight excluding hydrogens is 558 g/mol. The molecule has 0 radical (unpaired) electrons. The minimum absolute atomic E-state index is 0.0645. The van der Waals surface area contributed by atoms with Crippen LogP contribution in [0.25, 0.3) is 11.1 Å². The molecule has 0 aliphatic heterocycles. The molecule has 0 saturated carbocycles. The summed E-state index contributed by atoms with van der Waals surface area (Å²) in [4.78, 5) is 39.7. The normalized spacial score (nSPS) is 15.8. The Kier molecular flexibility index (Phi) is 10.5. The molecule has 0 fully saturated rings. The number of benzene rings is 2. The summed E-state index contributed by atoms with van der Waals surface area (Å²) in [7, 11) is 4.68. The van der Waals surface area contributed by atoms with Gasteiger partial charge >= 0.3 is 0 Å². The highest BCUT2D eigenvalue weighted by Gasteiger charge is 2.30. The second-order valence-electron chi connectivity index (χ2n) is 11.2. The first-order valence-electron chi connectivity index (χ1n) is 15.0. The monoisotopic (exact) mass is 601 g/mol. The Labute approximate surface area is 259 Å². The fourth-order valence-corrected chi connectivity index (χ4v) is 5.82. The molecule has 9 nitrogen and oxygen atoms in total. The van der Waals surface area contributed by atoms with Crippen molar-refractivity contribution < 1.29 is 23.8 Å². The lowest BCUT2D eigenvalue weighted by Crippen LogP contribution is -2.45. The van der Waals surface area contributed by atoms with E-state index < -0.39 is 12.1 Å². The van der Waals surface area contributed by atoms with Gasteiger partial charge in [0.2, 0.25) is 23.0 Å². The molecule has 2 amide bonds. The van der Waals surface area contributed by atoms with Crippen molar-refractivity contribution in [1.82, 2.24) is 10.6 Å². The van der Waals surface area contributed by atoms with Crippen molar-refractivity contribution >= 4 is 17.5 Å². The Bertz CT molecular complexity index is 1560. The van der Waals surface area contributed by atoms with Gasteiger partial charge in [0.05, 0.1) is 39.1 Å². The number of anilines is 1. The van der Waals surface area contributed by atoms with E-state index in [0.717, 1.165) is 28.7 Å². The molecule has 0 bridgehead atoms. The fraction of sp³-hybridized carbons (Fsp3) is 0.400. The van der Waals surface area contributed by atoms with Gasteiger partial charge in [-0.3, -0.25) is 14.4 Å². The molecule has 4 atom stereocenters. The third kappa shape index (κ3) is 6.82. The van der Waals surface area contributed by atoms with E-state index in [1.165, 1.54) is 6.92 Å². The van der Waals surface area contributed by atoms with E-state index in [4.69, 9.17) is 14.2 Å². The van der Waals surface area contributed by atoms with Gasteiger partial charge in [0.25, 0.3) is 0 Å². The molecule has 3 aromatic carbocycles. The average molecular weight is 602 g/mol. The van der Waals surface area contributed by atoms with Crippen molar-refractivity contribution in [3.63, 3.8) is 0 Å². The third-order valence-electron chi connectivity index (χ3n) is 8.38. The standard InChI is InChI=1S/C35H43N3O6/c1-8-20(2)32(35(41)36-21(3)23-12-10-9-11-13-23)38-28-17-15-25-26(19-29(28)40)27(37-22(4)39)16-14-24-18-30(42-5)33(43-6)34(44-7)31(24)25/h9-13,15,17-21,27,32H,8,14,16H2,1-7H3,(H,36,41)(H,37,39)(H,38,40)/t20-,21?,27+,32+/m1/s1. The van der Waals surface area contributed by atoms with Crippen LogP contribution in [0.1, 0.15) is 69.3 Å². The Morgan fingerprint density at radius 3 is 2.27 bits per heavy atom. The fourth-order valence-electron chi connectivity index (χ4n) is 5.82. The van der Waals surface area contributed by atoms with Gasteiger partial charge in [-0.05, 0) is 66.1 Å². The molecule has 4 rings (SSSR count). The largest absolute Gasteiger partial charge is 0.493 e. The molecule has 3 aromatic rings. The van der Waals surface area contributed by atoms with Crippen LogP contribution in [0, 0.1) is 5.92 Å². The van der Waals surface area contributed by atoms with Crippen LogP contribution < -0.4 is 35.6 Å². The summed E-state index contributed by atoms with van der Waals surface area (Å²) in [6.07, 6.45) is 1.88. The number of ether oxygens (including phenoxy) is 3. The lowest BCUT2D eigenvalue weighted by Gasteiger charge is -2.26. The number of hydrogen-bond donors (Lipinski definition) is 3. The minimum atomic E-state index is -0.654. The Morgan fingerprint density at radius 2 is 1.66 bits per heavy atom. The first kappa shape index (κ1) is 32.4. The van der Waals surface area contributed by atoms with Crippen molar-refractivity contribution in [3.05, 3.63) is 81.5 Å². The molecule has 1 unspecified atom stereocenters. The van der Waals surface area contributed by atoms with Gasteiger partial charge < -0.3 is 30.2 Å². The zero-order valence-corrected chi connectivity index (χ0v) is 26.6. The van der Waals surface area contributed by atoms with Crippen molar-refractivity contribution in [3.8, 4) is 28.4 Å². The molecule has 0 heterocycles. The summed E-state index contributed by atoms with van der Waals surface area (Å²) in [5, 5.41) is 9.41. The lowest BCUT2D eigenvalue weighted by molar-refractivity contribution is -0.123. The van der Waals surface area contributed by atoms with Crippen LogP contribution in [0.5, 0.6) is 17.2 Å². The zero-order chi connectivity index (χ0) is 32.0. The number of nitrogens with one attached hydrogen (secondary N) is 3. The van der Waals surface area contributed by atoms with Crippen LogP contribution >= 0.6 is 0 Å². The van der Waals surface area contributed by atoms with Crippen LogP contribution in [0.2, 0.25) is 0 Å². The predicted molar refractivity (Wildman–Crippen MR) is 173 cm³/mol. The Hall–Kier alpha value is -4.53. The maximum absolute atomic E-state index is 13.9. The molecule has 3 N–H and O–H groups in total. The van der Waals surface area contributed by atoms with E-state index in [9.17, 15) is 14.4 Å². The second kappa shape index (κ2) is 14.3. The van der Waals surface area contributed by atoms with Crippen LogP contribution in [-0.4, -0.2) is 39.2 Å². The van der Waals surface area contributed by atoms with Crippen molar-refractivity contribution in [1.29, 1.82) is 0 Å². The van der Waals surface area contributed by atoms with E-state index in [0.29, 0.717) is 35.7 Å². The maximum atomic E-state index is 13.9. The van der Waals surface area contributed by atoms with E-state index in [1.807, 2.05) is 63.2 Å². The van der Waals surface area contributed by atoms with Gasteiger partial charge in [-0.2, -0.15) is 0 Å². The summed E-state index contributed by atoms with van der Waals surface area (Å²) in [5.41, 5.74) is 4.07. The van der Waals surface area contributed by atoms with E-state index >= 15 is 0 Å². The van der Waals surface area contributed by atoms with Gasteiger partial charge in [0.1, 0.15) is 6.04 Å². The molecule has 0 spiro atoms. The molecule has 0 aromatic heterocycles. The molecule has 44 heavy (non-hydrogen) atoms. The summed E-state index contributed by atoms with van der Waals surface area (Å²) in [5.74, 6) is 0.986. The van der Waals surface area contributed by atoms with E-state index in [-0.39, 0.29) is 34.9 Å². The highest BCUT2D eigenvalue weighted by atomic mass is 16.5. The third-order valence-corrected chi connectivity index (χ3v) is 8.38. The van der Waals surface area contributed by atoms with E-state index in [2.05, 4.69) is 16.0 Å².